The molecule has 1 N–H and O–H groups in total. The Morgan fingerprint density at radius 3 is 2.21 bits per heavy atom. The lowest BCUT2D eigenvalue weighted by Crippen LogP contribution is -2.38. The van der Waals surface area contributed by atoms with Crippen LogP contribution in [0.15, 0.2) is 84.6 Å². The molecule has 1 atom stereocenters. The summed E-state index contributed by atoms with van der Waals surface area (Å²) in [5, 5.41) is 10.5. The number of likely N-dealkylation sites (tertiary alicyclic amines) is 1. The first kappa shape index (κ1) is 23.2. The van der Waals surface area contributed by atoms with Crippen molar-refractivity contribution in [3.63, 3.8) is 0 Å². The average molecular weight is 445 g/mol. The van der Waals surface area contributed by atoms with Crippen molar-refractivity contribution in [1.29, 1.82) is 0 Å². The van der Waals surface area contributed by atoms with Gasteiger partial charge >= 0.3 is 0 Å². The molecule has 2 heterocycles. The van der Waals surface area contributed by atoms with Crippen molar-refractivity contribution in [2.45, 2.75) is 25.6 Å². The zero-order valence-electron chi connectivity index (χ0n) is 19.2. The van der Waals surface area contributed by atoms with Gasteiger partial charge in [0, 0.05) is 31.9 Å². The Kier molecular flexibility index (Phi) is 8.25. The molecule has 1 aliphatic heterocycles. The summed E-state index contributed by atoms with van der Waals surface area (Å²) in [6.45, 7) is 3.25. The van der Waals surface area contributed by atoms with E-state index >= 15 is 0 Å². The first-order valence-electron chi connectivity index (χ1n) is 11.5. The SMILES string of the molecule is COc1cc(COCC(O)CN2CCC(=C(c3ccccc3)c3ccccc3)CC2)ccn1. The summed E-state index contributed by atoms with van der Waals surface area (Å²) in [6.07, 6.45) is 3.20. The van der Waals surface area contributed by atoms with Crippen molar-refractivity contribution in [3.8, 4) is 5.88 Å². The fourth-order valence-electron chi connectivity index (χ4n) is 4.36. The number of β-amino-alcohol motifs (C(OH)–C–C–N with tert-alkyl or cyclic N) is 1. The van der Waals surface area contributed by atoms with Gasteiger partial charge in [-0.2, -0.15) is 0 Å². The highest BCUT2D eigenvalue weighted by atomic mass is 16.5. The number of hydrogen-bond acceptors (Lipinski definition) is 5. The molecule has 0 radical (unpaired) electrons. The standard InChI is InChI=1S/C28H32N2O3/c1-32-27-18-22(12-15-29-27)20-33-21-26(31)19-30-16-13-25(14-17-30)28(23-8-4-2-5-9-23)24-10-6-3-7-11-24/h2-12,15,18,26,31H,13-14,16-17,19-21H2,1H3. The van der Waals surface area contributed by atoms with Gasteiger partial charge in [-0.05, 0) is 41.2 Å². The van der Waals surface area contributed by atoms with Gasteiger partial charge in [0.15, 0.2) is 0 Å². The summed E-state index contributed by atoms with van der Waals surface area (Å²) in [6, 6.07) is 25.1. The van der Waals surface area contributed by atoms with Crippen LogP contribution in [0.4, 0.5) is 0 Å². The zero-order valence-corrected chi connectivity index (χ0v) is 19.2. The van der Waals surface area contributed by atoms with Gasteiger partial charge in [0.2, 0.25) is 5.88 Å². The predicted molar refractivity (Wildman–Crippen MR) is 131 cm³/mol. The van der Waals surface area contributed by atoms with Crippen LogP contribution >= 0.6 is 0 Å². The second kappa shape index (κ2) is 11.8. The van der Waals surface area contributed by atoms with Gasteiger partial charge in [-0.3, -0.25) is 0 Å². The van der Waals surface area contributed by atoms with Crippen LogP contribution in [-0.4, -0.2) is 54.4 Å². The van der Waals surface area contributed by atoms with Crippen LogP contribution in [0.1, 0.15) is 29.5 Å². The summed E-state index contributed by atoms with van der Waals surface area (Å²) >= 11 is 0. The van der Waals surface area contributed by atoms with Crippen LogP contribution in [0.3, 0.4) is 0 Å². The third-order valence-electron chi connectivity index (χ3n) is 5.99. The summed E-state index contributed by atoms with van der Waals surface area (Å²) < 4.78 is 10.9. The first-order chi connectivity index (χ1) is 16.2. The number of aliphatic hydroxyl groups excluding tert-OH is 1. The fourth-order valence-corrected chi connectivity index (χ4v) is 4.36. The average Bonchev–Trinajstić information content (AvgIpc) is 2.87. The van der Waals surface area contributed by atoms with Gasteiger partial charge in [0.05, 0.1) is 26.4 Å². The van der Waals surface area contributed by atoms with E-state index < -0.39 is 6.10 Å². The van der Waals surface area contributed by atoms with E-state index in [0.717, 1.165) is 31.5 Å². The molecule has 0 spiro atoms. The lowest BCUT2D eigenvalue weighted by molar-refractivity contribution is 0.00873. The molecule has 172 valence electrons. The highest BCUT2D eigenvalue weighted by Gasteiger charge is 2.20. The van der Waals surface area contributed by atoms with E-state index in [1.54, 1.807) is 13.3 Å². The monoisotopic (exact) mass is 444 g/mol. The number of hydrogen-bond donors (Lipinski definition) is 1. The lowest BCUT2D eigenvalue weighted by atomic mass is 9.88. The van der Waals surface area contributed by atoms with Gasteiger partial charge in [0.1, 0.15) is 0 Å². The third-order valence-corrected chi connectivity index (χ3v) is 5.99. The summed E-state index contributed by atoms with van der Waals surface area (Å²) in [5.74, 6) is 0.569. The minimum Gasteiger partial charge on any atom is -0.481 e. The maximum absolute atomic E-state index is 10.5. The second-order valence-electron chi connectivity index (χ2n) is 8.39. The predicted octanol–water partition coefficient (Wildman–Crippen LogP) is 4.57. The Bertz CT molecular complexity index is 986. The molecule has 33 heavy (non-hydrogen) atoms. The molecule has 0 bridgehead atoms. The van der Waals surface area contributed by atoms with E-state index in [1.165, 1.54) is 22.3 Å². The number of aliphatic hydroxyl groups is 1. The Morgan fingerprint density at radius 2 is 1.61 bits per heavy atom. The molecular formula is C28H32N2O3. The number of ether oxygens (including phenoxy) is 2. The van der Waals surface area contributed by atoms with Crippen molar-refractivity contribution in [2.75, 3.05) is 33.4 Å². The molecule has 3 aromatic rings. The van der Waals surface area contributed by atoms with Gasteiger partial charge in [0.25, 0.3) is 0 Å². The minimum absolute atomic E-state index is 0.309. The van der Waals surface area contributed by atoms with E-state index in [1.807, 2.05) is 12.1 Å². The molecule has 5 heteroatoms. The van der Waals surface area contributed by atoms with E-state index in [4.69, 9.17) is 9.47 Å². The van der Waals surface area contributed by atoms with Crippen molar-refractivity contribution < 1.29 is 14.6 Å². The van der Waals surface area contributed by atoms with Crippen LogP contribution in [0.2, 0.25) is 0 Å². The minimum atomic E-state index is -0.512. The molecule has 1 unspecified atom stereocenters. The molecular weight excluding hydrogens is 412 g/mol. The quantitative estimate of drug-likeness (QED) is 0.524. The van der Waals surface area contributed by atoms with Gasteiger partial charge < -0.3 is 19.5 Å². The summed E-state index contributed by atoms with van der Waals surface area (Å²) in [7, 11) is 1.60. The first-order valence-corrected chi connectivity index (χ1v) is 11.5. The summed E-state index contributed by atoms with van der Waals surface area (Å²) in [4.78, 5) is 6.43. The number of benzene rings is 2. The number of aromatic nitrogens is 1. The van der Waals surface area contributed by atoms with Gasteiger partial charge in [-0.25, -0.2) is 4.98 Å². The zero-order chi connectivity index (χ0) is 22.9. The molecule has 1 saturated heterocycles. The van der Waals surface area contributed by atoms with Crippen molar-refractivity contribution in [1.82, 2.24) is 9.88 Å². The molecule has 1 aromatic heterocycles. The van der Waals surface area contributed by atoms with Gasteiger partial charge in [-0.15, -0.1) is 0 Å². The van der Waals surface area contributed by atoms with Crippen LogP contribution < -0.4 is 4.74 Å². The largest absolute Gasteiger partial charge is 0.481 e. The maximum atomic E-state index is 10.5. The maximum Gasteiger partial charge on any atom is 0.213 e. The number of piperidine rings is 1. The summed E-state index contributed by atoms with van der Waals surface area (Å²) in [5.41, 5.74) is 6.37. The van der Waals surface area contributed by atoms with E-state index in [2.05, 4.69) is 70.5 Å². The van der Waals surface area contributed by atoms with Crippen molar-refractivity contribution in [3.05, 3.63) is 101 Å². The third kappa shape index (κ3) is 6.51. The Morgan fingerprint density at radius 1 is 0.970 bits per heavy atom. The van der Waals surface area contributed by atoms with Crippen LogP contribution in [0.5, 0.6) is 5.88 Å². The van der Waals surface area contributed by atoms with Crippen molar-refractivity contribution >= 4 is 5.57 Å². The number of pyridine rings is 1. The molecule has 4 rings (SSSR count). The van der Waals surface area contributed by atoms with Crippen molar-refractivity contribution in [2.24, 2.45) is 0 Å². The van der Waals surface area contributed by atoms with E-state index in [-0.39, 0.29) is 0 Å². The molecule has 0 aliphatic carbocycles. The molecule has 0 saturated carbocycles. The Hall–Kier alpha value is -2.99. The lowest BCUT2D eigenvalue weighted by Gasteiger charge is -2.31. The highest BCUT2D eigenvalue weighted by Crippen LogP contribution is 2.32. The van der Waals surface area contributed by atoms with Crippen LogP contribution in [0, 0.1) is 0 Å². The molecule has 0 amide bonds. The molecule has 1 aliphatic rings. The molecule has 1 fully saturated rings. The molecule has 2 aromatic carbocycles. The molecule has 5 nitrogen and oxygen atoms in total. The Balaban J connectivity index is 1.32. The van der Waals surface area contributed by atoms with E-state index in [0.29, 0.717) is 25.6 Å². The Labute approximate surface area is 196 Å². The topological polar surface area (TPSA) is 54.8 Å². The normalized spacial score (nSPS) is 15.3. The van der Waals surface area contributed by atoms with Gasteiger partial charge in [-0.1, -0.05) is 66.2 Å². The van der Waals surface area contributed by atoms with Crippen LogP contribution in [0.25, 0.3) is 5.57 Å². The van der Waals surface area contributed by atoms with Crippen LogP contribution in [-0.2, 0) is 11.3 Å². The number of methoxy groups -OCH3 is 1. The smallest absolute Gasteiger partial charge is 0.213 e. The highest BCUT2D eigenvalue weighted by molar-refractivity contribution is 5.82. The number of nitrogens with zero attached hydrogens (tertiary/aromatic N) is 2. The number of rotatable bonds is 9. The fraction of sp³-hybridized carbons (Fsp3) is 0.321. The van der Waals surface area contributed by atoms with E-state index in [9.17, 15) is 5.11 Å². The second-order valence-corrected chi connectivity index (χ2v) is 8.39.